The van der Waals surface area contributed by atoms with Gasteiger partial charge in [0.15, 0.2) is 5.82 Å². The van der Waals surface area contributed by atoms with Gasteiger partial charge in [-0.2, -0.15) is 0 Å². The Labute approximate surface area is 63.7 Å². The molecule has 0 aliphatic heterocycles. The van der Waals surface area contributed by atoms with Crippen molar-refractivity contribution in [2.24, 2.45) is 0 Å². The van der Waals surface area contributed by atoms with Crippen LogP contribution in [-0.2, 0) is 0 Å². The molecule has 0 aliphatic rings. The van der Waals surface area contributed by atoms with Crippen LogP contribution in [0.3, 0.4) is 0 Å². The van der Waals surface area contributed by atoms with Gasteiger partial charge >= 0.3 is 0 Å². The molecule has 2 N–H and O–H groups in total. The third-order valence-electron chi connectivity index (χ3n) is 1.45. The van der Waals surface area contributed by atoms with E-state index in [9.17, 15) is 0 Å². The summed E-state index contributed by atoms with van der Waals surface area (Å²) in [7, 11) is 0. The van der Waals surface area contributed by atoms with E-state index in [0.29, 0.717) is 0 Å². The molecule has 0 aromatic carbocycles. The summed E-state index contributed by atoms with van der Waals surface area (Å²) in [4.78, 5) is 14.2. The zero-order chi connectivity index (χ0) is 7.68. The molecule has 0 spiro atoms. The number of nitrogens with one attached hydrogen (secondary N) is 2. The number of nitrogens with zero attached hydrogens (tertiary/aromatic N) is 2. The smallest absolute Gasteiger partial charge is 0.157 e. The third kappa shape index (κ3) is 1.02. The number of rotatable bonds is 1. The lowest BCUT2D eigenvalue weighted by Gasteiger charge is -1.84. The van der Waals surface area contributed by atoms with E-state index < -0.39 is 0 Å². The molecule has 4 heteroatoms. The van der Waals surface area contributed by atoms with Gasteiger partial charge in [-0.1, -0.05) is 0 Å². The normalized spacial score (nSPS) is 10.3. The summed E-state index contributed by atoms with van der Waals surface area (Å²) in [6.07, 6.45) is 5.31. The number of hydrogen-bond acceptors (Lipinski definition) is 2. The maximum absolute atomic E-state index is 4.20. The summed E-state index contributed by atoms with van der Waals surface area (Å²) >= 11 is 0. The largest absolute Gasteiger partial charge is 0.348 e. The van der Waals surface area contributed by atoms with Gasteiger partial charge in [-0.3, -0.25) is 0 Å². The van der Waals surface area contributed by atoms with Gasteiger partial charge in [0.05, 0.1) is 0 Å². The molecule has 2 rings (SSSR count). The van der Waals surface area contributed by atoms with Gasteiger partial charge in [-0.05, 0) is 6.92 Å². The first-order chi connectivity index (χ1) is 5.36. The van der Waals surface area contributed by atoms with E-state index in [2.05, 4.69) is 19.9 Å². The van der Waals surface area contributed by atoms with Gasteiger partial charge in [0.25, 0.3) is 0 Å². The molecule has 0 radical (unpaired) electrons. The fourth-order valence-corrected chi connectivity index (χ4v) is 0.945. The lowest BCUT2D eigenvalue weighted by atomic mass is 10.5. The number of imidazole rings is 2. The Bertz CT molecular complexity index is 333. The van der Waals surface area contributed by atoms with E-state index in [-0.39, 0.29) is 0 Å². The fraction of sp³-hybridized carbons (Fsp3) is 0.143. The van der Waals surface area contributed by atoms with Crippen LogP contribution in [0.25, 0.3) is 11.5 Å². The summed E-state index contributed by atoms with van der Waals surface area (Å²) < 4.78 is 0. The van der Waals surface area contributed by atoms with Crippen molar-refractivity contribution in [3.8, 4) is 11.5 Å². The second kappa shape index (κ2) is 2.23. The zero-order valence-corrected chi connectivity index (χ0v) is 6.13. The van der Waals surface area contributed by atoms with Gasteiger partial charge in [0.2, 0.25) is 0 Å². The molecule has 0 saturated carbocycles. The van der Waals surface area contributed by atoms with Gasteiger partial charge in [0.1, 0.15) is 11.5 Å². The minimum absolute atomic E-state index is 0.800. The third-order valence-corrected chi connectivity index (χ3v) is 1.45. The number of aromatic amines is 2. The van der Waals surface area contributed by atoms with Crippen LogP contribution in [0.5, 0.6) is 0 Å². The van der Waals surface area contributed by atoms with Crippen LogP contribution in [0.15, 0.2) is 18.6 Å². The maximum Gasteiger partial charge on any atom is 0.157 e. The summed E-state index contributed by atoms with van der Waals surface area (Å²) in [5, 5.41) is 0. The molecular formula is C7H8N4. The molecule has 0 unspecified atom stereocenters. The maximum atomic E-state index is 4.20. The van der Waals surface area contributed by atoms with E-state index in [4.69, 9.17) is 0 Å². The van der Waals surface area contributed by atoms with Crippen LogP contribution in [0.4, 0.5) is 0 Å². The van der Waals surface area contributed by atoms with E-state index in [0.717, 1.165) is 17.3 Å². The van der Waals surface area contributed by atoms with Crippen molar-refractivity contribution in [1.82, 2.24) is 19.9 Å². The average molecular weight is 148 g/mol. The summed E-state index contributed by atoms with van der Waals surface area (Å²) in [5.41, 5.74) is 0.854. The van der Waals surface area contributed by atoms with E-state index in [1.807, 2.05) is 13.1 Å². The number of aromatic nitrogens is 4. The van der Waals surface area contributed by atoms with Gasteiger partial charge in [-0.15, -0.1) is 0 Å². The minimum atomic E-state index is 0.800. The molecule has 11 heavy (non-hydrogen) atoms. The van der Waals surface area contributed by atoms with Crippen molar-refractivity contribution in [1.29, 1.82) is 0 Å². The molecule has 0 atom stereocenters. The monoisotopic (exact) mass is 148 g/mol. The molecule has 2 heterocycles. The molecule has 0 saturated heterocycles. The first kappa shape index (κ1) is 6.15. The topological polar surface area (TPSA) is 57.4 Å². The van der Waals surface area contributed by atoms with Crippen LogP contribution in [0.2, 0.25) is 0 Å². The highest BCUT2D eigenvalue weighted by molar-refractivity contribution is 5.47. The lowest BCUT2D eigenvalue weighted by molar-refractivity contribution is 1.14. The first-order valence-electron chi connectivity index (χ1n) is 3.38. The summed E-state index contributed by atoms with van der Waals surface area (Å²) in [6.45, 7) is 1.91. The van der Waals surface area contributed by atoms with Crippen LogP contribution < -0.4 is 0 Å². The number of aryl methyl sites for hydroxylation is 1. The molecule has 2 aromatic heterocycles. The second-order valence-corrected chi connectivity index (χ2v) is 2.31. The molecular weight excluding hydrogens is 140 g/mol. The number of H-pyrrole nitrogens is 2. The van der Waals surface area contributed by atoms with Crippen molar-refractivity contribution in [2.75, 3.05) is 0 Å². The minimum Gasteiger partial charge on any atom is -0.348 e. The predicted octanol–water partition coefficient (Wildman–Crippen LogP) is 1.11. The van der Waals surface area contributed by atoms with Crippen LogP contribution in [0, 0.1) is 6.92 Å². The Morgan fingerprint density at radius 3 is 2.82 bits per heavy atom. The van der Waals surface area contributed by atoms with Gasteiger partial charge < -0.3 is 9.97 Å². The molecule has 56 valence electrons. The summed E-state index contributed by atoms with van der Waals surface area (Å²) in [6, 6.07) is 0. The Morgan fingerprint density at radius 2 is 2.27 bits per heavy atom. The van der Waals surface area contributed by atoms with E-state index in [1.165, 1.54) is 0 Å². The molecule has 0 bridgehead atoms. The van der Waals surface area contributed by atoms with Crippen molar-refractivity contribution in [2.45, 2.75) is 6.92 Å². The van der Waals surface area contributed by atoms with Crippen molar-refractivity contribution in [3.63, 3.8) is 0 Å². The quantitative estimate of drug-likeness (QED) is 0.636. The van der Waals surface area contributed by atoms with Gasteiger partial charge in [-0.25, -0.2) is 9.97 Å². The van der Waals surface area contributed by atoms with Crippen LogP contribution in [0.1, 0.15) is 5.82 Å². The summed E-state index contributed by atoms with van der Waals surface area (Å²) in [5.74, 6) is 1.70. The molecule has 0 fully saturated rings. The van der Waals surface area contributed by atoms with E-state index >= 15 is 0 Å². The Kier molecular flexibility index (Phi) is 1.25. The Balaban J connectivity index is 2.45. The first-order valence-corrected chi connectivity index (χ1v) is 3.38. The Hall–Kier alpha value is -1.58. The second-order valence-electron chi connectivity index (χ2n) is 2.31. The standard InChI is InChI=1S/C7H8N4/c1-5-10-4-6(11-5)7-8-2-3-9-7/h2-4H,1H3,(H,8,9)(H,10,11). The molecule has 0 aliphatic carbocycles. The molecule has 2 aromatic rings. The van der Waals surface area contributed by atoms with Crippen LogP contribution in [-0.4, -0.2) is 19.9 Å². The zero-order valence-electron chi connectivity index (χ0n) is 6.13. The fourth-order valence-electron chi connectivity index (χ4n) is 0.945. The highest BCUT2D eigenvalue weighted by Crippen LogP contribution is 2.09. The SMILES string of the molecule is Cc1nc(-c2ncc[nH]2)c[nH]1. The van der Waals surface area contributed by atoms with Crippen LogP contribution >= 0.6 is 0 Å². The predicted molar refractivity (Wildman–Crippen MR) is 40.9 cm³/mol. The highest BCUT2D eigenvalue weighted by atomic mass is 15.0. The van der Waals surface area contributed by atoms with Crippen molar-refractivity contribution in [3.05, 3.63) is 24.4 Å². The highest BCUT2D eigenvalue weighted by Gasteiger charge is 2.01. The lowest BCUT2D eigenvalue weighted by Crippen LogP contribution is -1.79. The van der Waals surface area contributed by atoms with Gasteiger partial charge in [0, 0.05) is 18.6 Å². The molecule has 0 amide bonds. The average Bonchev–Trinajstić information content (AvgIpc) is 2.55. The Morgan fingerprint density at radius 1 is 1.36 bits per heavy atom. The molecule has 4 nitrogen and oxygen atoms in total. The van der Waals surface area contributed by atoms with Crippen molar-refractivity contribution < 1.29 is 0 Å². The number of hydrogen-bond donors (Lipinski definition) is 2. The van der Waals surface area contributed by atoms with E-state index in [1.54, 1.807) is 12.4 Å². The van der Waals surface area contributed by atoms with Crippen molar-refractivity contribution >= 4 is 0 Å².